The number of nitrogens with zero attached hydrogens (tertiary/aromatic N) is 4. The molecular formula is C15H19N5O4S. The van der Waals surface area contributed by atoms with Crippen molar-refractivity contribution in [2.24, 2.45) is 4.99 Å². The number of ether oxygens (including phenoxy) is 1. The van der Waals surface area contributed by atoms with E-state index in [0.29, 0.717) is 28.9 Å². The van der Waals surface area contributed by atoms with E-state index in [2.05, 4.69) is 20.3 Å². The molecule has 4 rings (SSSR count). The van der Waals surface area contributed by atoms with Crippen LogP contribution >= 0.6 is 11.8 Å². The summed E-state index contributed by atoms with van der Waals surface area (Å²) in [6.45, 7) is 1.64. The molecule has 9 nitrogen and oxygen atoms in total. The Morgan fingerprint density at radius 3 is 2.96 bits per heavy atom. The van der Waals surface area contributed by atoms with Crippen LogP contribution in [0.3, 0.4) is 0 Å². The Kier molecular flexibility index (Phi) is 3.96. The molecule has 4 heterocycles. The lowest BCUT2D eigenvalue weighted by atomic mass is 9.96. The molecule has 4 atom stereocenters. The molecule has 1 fully saturated rings. The van der Waals surface area contributed by atoms with Crippen molar-refractivity contribution in [1.29, 1.82) is 0 Å². The Morgan fingerprint density at radius 2 is 2.28 bits per heavy atom. The summed E-state index contributed by atoms with van der Waals surface area (Å²) in [5.74, 6) is 0.664. The first-order chi connectivity index (χ1) is 12.0. The topological polar surface area (TPSA) is 125 Å². The minimum atomic E-state index is -1.59. The molecule has 2 aliphatic heterocycles. The molecule has 0 radical (unpaired) electrons. The van der Waals surface area contributed by atoms with Gasteiger partial charge in [-0.05, 0) is 13.2 Å². The quantitative estimate of drug-likeness (QED) is 0.452. The van der Waals surface area contributed by atoms with Crippen LogP contribution in [-0.2, 0) is 4.74 Å². The maximum absolute atomic E-state index is 10.8. The van der Waals surface area contributed by atoms with E-state index in [-0.39, 0.29) is 0 Å². The van der Waals surface area contributed by atoms with Crippen molar-refractivity contribution in [3.05, 3.63) is 6.20 Å². The third-order valence-corrected chi connectivity index (χ3v) is 5.14. The van der Waals surface area contributed by atoms with E-state index in [1.165, 1.54) is 18.7 Å². The van der Waals surface area contributed by atoms with Gasteiger partial charge in [-0.1, -0.05) is 11.8 Å². The Labute approximate surface area is 147 Å². The van der Waals surface area contributed by atoms with Crippen LogP contribution in [0.1, 0.15) is 13.2 Å². The maximum atomic E-state index is 10.8. The van der Waals surface area contributed by atoms with Crippen molar-refractivity contribution < 1.29 is 20.1 Å². The van der Waals surface area contributed by atoms with E-state index in [1.807, 2.05) is 6.26 Å². The zero-order chi connectivity index (χ0) is 17.8. The molecule has 4 N–H and O–H groups in total. The number of rotatable bonds is 3. The molecular weight excluding hydrogens is 346 g/mol. The van der Waals surface area contributed by atoms with Crippen molar-refractivity contribution in [3.63, 3.8) is 0 Å². The lowest BCUT2D eigenvalue weighted by Gasteiger charge is -2.27. The van der Waals surface area contributed by atoms with Crippen LogP contribution in [0.15, 0.2) is 16.3 Å². The standard InChI is InChI=1S/C15H19N5O4S/c1-15(23)10(22)8(6-21)24-13(15)20-5-7-9-11(17-4-3-16-7)18-14(25-2)19-12(9)20/h3,5,8,10,13,21-23H,4,6H2,1-2H3,(H,17,18,19)/t8-,10-,13?,15-/m1/s1. The van der Waals surface area contributed by atoms with Crippen LogP contribution in [0.25, 0.3) is 11.0 Å². The lowest BCUT2D eigenvalue weighted by molar-refractivity contribution is -0.0948. The van der Waals surface area contributed by atoms with Gasteiger partial charge in [-0.15, -0.1) is 0 Å². The van der Waals surface area contributed by atoms with E-state index in [0.717, 1.165) is 5.39 Å². The van der Waals surface area contributed by atoms with Crippen LogP contribution in [0.4, 0.5) is 11.5 Å². The van der Waals surface area contributed by atoms with Gasteiger partial charge in [0.1, 0.15) is 23.6 Å². The molecule has 2 aromatic heterocycles. The molecule has 0 aromatic carbocycles. The molecule has 0 saturated carbocycles. The van der Waals surface area contributed by atoms with Gasteiger partial charge in [-0.3, -0.25) is 4.99 Å². The normalized spacial score (nSPS) is 31.3. The summed E-state index contributed by atoms with van der Waals surface area (Å²) in [7, 11) is 0. The number of aliphatic hydroxyl groups is 3. The van der Waals surface area contributed by atoms with Gasteiger partial charge in [0, 0.05) is 12.4 Å². The van der Waals surface area contributed by atoms with Gasteiger partial charge in [0.2, 0.25) is 0 Å². The van der Waals surface area contributed by atoms with Gasteiger partial charge in [0.05, 0.1) is 24.2 Å². The fraction of sp³-hybridized carbons (Fsp3) is 0.533. The zero-order valence-corrected chi connectivity index (χ0v) is 14.6. The van der Waals surface area contributed by atoms with Gasteiger partial charge in [-0.25, -0.2) is 9.97 Å². The highest BCUT2D eigenvalue weighted by Crippen LogP contribution is 2.43. The molecule has 2 aliphatic rings. The number of aliphatic hydroxyl groups excluding tert-OH is 2. The molecule has 0 bridgehead atoms. The van der Waals surface area contributed by atoms with Gasteiger partial charge >= 0.3 is 0 Å². The first-order valence-corrected chi connectivity index (χ1v) is 9.09. The second-order valence-electron chi connectivity index (χ2n) is 6.25. The molecule has 0 aliphatic carbocycles. The zero-order valence-electron chi connectivity index (χ0n) is 13.7. The van der Waals surface area contributed by atoms with Crippen molar-refractivity contribution in [3.8, 4) is 0 Å². The van der Waals surface area contributed by atoms with Gasteiger partial charge in [0.15, 0.2) is 17.0 Å². The van der Waals surface area contributed by atoms with Crippen molar-refractivity contribution >= 4 is 40.5 Å². The summed E-state index contributed by atoms with van der Waals surface area (Å²) < 4.78 is 7.38. The average Bonchev–Trinajstić information content (AvgIpc) is 2.96. The molecule has 2 aromatic rings. The SMILES string of the molecule is CSc1nc2c3c(cn(C4O[C@H](CO)[C@@H](O)[C@@]4(C)O)c3n1)N=CCN2. The number of aliphatic imine (C=N–C) groups is 1. The van der Waals surface area contributed by atoms with E-state index in [1.54, 1.807) is 17.0 Å². The molecule has 10 heteroatoms. The van der Waals surface area contributed by atoms with E-state index >= 15 is 0 Å². The number of aromatic nitrogens is 3. The summed E-state index contributed by atoms with van der Waals surface area (Å²) in [5.41, 5.74) is -0.390. The second-order valence-corrected chi connectivity index (χ2v) is 7.03. The number of anilines is 1. The van der Waals surface area contributed by atoms with Gasteiger partial charge in [0.25, 0.3) is 0 Å². The predicted octanol–water partition coefficient (Wildman–Crippen LogP) is 0.283. The highest BCUT2D eigenvalue weighted by atomic mass is 32.2. The number of hydrogen-bond donors (Lipinski definition) is 4. The lowest BCUT2D eigenvalue weighted by Crippen LogP contribution is -2.44. The number of thioether (sulfide) groups is 1. The Bertz CT molecular complexity index is 852. The van der Waals surface area contributed by atoms with Crippen LogP contribution in [-0.4, -0.2) is 73.3 Å². The summed E-state index contributed by atoms with van der Waals surface area (Å²) in [6, 6.07) is 0. The van der Waals surface area contributed by atoms with Crippen LogP contribution in [0, 0.1) is 0 Å². The second kappa shape index (κ2) is 5.92. The number of hydrogen-bond acceptors (Lipinski definition) is 9. The largest absolute Gasteiger partial charge is 0.394 e. The van der Waals surface area contributed by atoms with Crippen LogP contribution in [0.5, 0.6) is 0 Å². The molecule has 0 spiro atoms. The van der Waals surface area contributed by atoms with Crippen molar-refractivity contribution in [1.82, 2.24) is 14.5 Å². The molecule has 0 amide bonds. The van der Waals surface area contributed by atoms with Crippen LogP contribution in [0.2, 0.25) is 0 Å². The monoisotopic (exact) mass is 365 g/mol. The average molecular weight is 365 g/mol. The van der Waals surface area contributed by atoms with E-state index in [4.69, 9.17) is 4.74 Å². The molecule has 134 valence electrons. The highest BCUT2D eigenvalue weighted by Gasteiger charge is 2.53. The first kappa shape index (κ1) is 16.7. The molecule has 1 unspecified atom stereocenters. The summed E-state index contributed by atoms with van der Waals surface area (Å²) >= 11 is 1.40. The first-order valence-electron chi connectivity index (χ1n) is 7.87. The summed E-state index contributed by atoms with van der Waals surface area (Å²) in [5, 5.41) is 34.9. The molecule has 25 heavy (non-hydrogen) atoms. The van der Waals surface area contributed by atoms with Gasteiger partial charge < -0.3 is 29.9 Å². The fourth-order valence-electron chi connectivity index (χ4n) is 3.28. The minimum absolute atomic E-state index is 0.393. The Morgan fingerprint density at radius 1 is 1.48 bits per heavy atom. The smallest absolute Gasteiger partial charge is 0.191 e. The highest BCUT2D eigenvalue weighted by molar-refractivity contribution is 7.98. The van der Waals surface area contributed by atoms with Crippen molar-refractivity contribution in [2.75, 3.05) is 24.7 Å². The number of nitrogens with one attached hydrogen (secondary N) is 1. The van der Waals surface area contributed by atoms with E-state index in [9.17, 15) is 15.3 Å². The minimum Gasteiger partial charge on any atom is -0.394 e. The fourth-order valence-corrected chi connectivity index (χ4v) is 3.64. The Hall–Kier alpha value is -1.72. The van der Waals surface area contributed by atoms with E-state index < -0.39 is 30.6 Å². The van der Waals surface area contributed by atoms with Gasteiger partial charge in [-0.2, -0.15) is 0 Å². The summed E-state index contributed by atoms with van der Waals surface area (Å²) in [6.07, 6.45) is 2.32. The third-order valence-electron chi connectivity index (χ3n) is 4.59. The van der Waals surface area contributed by atoms with Crippen molar-refractivity contribution in [2.45, 2.75) is 36.1 Å². The Balaban J connectivity index is 1.93. The summed E-state index contributed by atoms with van der Waals surface area (Å²) in [4.78, 5) is 13.5. The predicted molar refractivity (Wildman–Crippen MR) is 93.6 cm³/mol. The third kappa shape index (κ3) is 2.44. The maximum Gasteiger partial charge on any atom is 0.191 e. The van der Waals surface area contributed by atoms with Crippen LogP contribution < -0.4 is 5.32 Å². The molecule has 1 saturated heterocycles.